The molecule has 1 aromatic carbocycles. The van der Waals surface area contributed by atoms with E-state index in [-0.39, 0.29) is 10.3 Å². The van der Waals surface area contributed by atoms with Gasteiger partial charge in [0.25, 0.3) is 0 Å². The maximum absolute atomic E-state index is 12.6. The number of benzene rings is 1. The number of aliphatic hydroxyl groups excluding tert-OH is 1. The normalized spacial score (nSPS) is 27.2. The van der Waals surface area contributed by atoms with E-state index in [4.69, 9.17) is 0 Å². The van der Waals surface area contributed by atoms with Gasteiger partial charge in [0.05, 0.1) is 16.2 Å². The van der Waals surface area contributed by atoms with Gasteiger partial charge in [0.1, 0.15) is 0 Å². The average molecular weight is 347 g/mol. The Balaban J connectivity index is 2.35. The molecular weight excluding hydrogens is 328 g/mol. The molecule has 19 heavy (non-hydrogen) atoms. The van der Waals surface area contributed by atoms with Crippen molar-refractivity contribution in [1.82, 2.24) is 0 Å². The minimum absolute atomic E-state index is 0.0354. The van der Waals surface area contributed by atoms with Crippen LogP contribution in [0.25, 0.3) is 0 Å². The van der Waals surface area contributed by atoms with E-state index in [0.29, 0.717) is 12.8 Å². The molecule has 0 bridgehead atoms. The van der Waals surface area contributed by atoms with E-state index >= 15 is 0 Å². The molecule has 1 aromatic rings. The fourth-order valence-electron chi connectivity index (χ4n) is 2.62. The molecule has 0 aliphatic heterocycles. The van der Waals surface area contributed by atoms with E-state index in [1.54, 1.807) is 24.3 Å². The fraction of sp³-hybridized carbons (Fsp3) is 0.571. The topological polar surface area (TPSA) is 54.4 Å². The molecular formula is C14H19BrO3S. The molecule has 0 aromatic heterocycles. The summed E-state index contributed by atoms with van der Waals surface area (Å²) in [6.07, 6.45) is 1.15. The smallest absolute Gasteiger partial charge is 0.183 e. The molecule has 1 aliphatic rings. The Morgan fingerprint density at radius 1 is 1.26 bits per heavy atom. The standard InChI is InChI=1S/C14H19BrO3S/c1-14(2)8-7-12(16)13(9-14)19(17,18)11-5-3-10(15)4-6-11/h3-6,12-13,16H,7-9H2,1-2H3. The van der Waals surface area contributed by atoms with E-state index < -0.39 is 21.2 Å². The van der Waals surface area contributed by atoms with Crippen LogP contribution in [0.4, 0.5) is 0 Å². The SMILES string of the molecule is CC1(C)CCC(O)C(S(=O)(=O)c2ccc(Br)cc2)C1. The summed E-state index contributed by atoms with van der Waals surface area (Å²) in [4.78, 5) is 0.289. The Labute approximate surface area is 123 Å². The zero-order valence-corrected chi connectivity index (χ0v) is 13.5. The predicted octanol–water partition coefficient (Wildman–Crippen LogP) is 3.16. The first kappa shape index (κ1) is 15.0. The summed E-state index contributed by atoms with van der Waals surface area (Å²) in [6, 6.07) is 6.61. The van der Waals surface area contributed by atoms with Gasteiger partial charge in [-0.05, 0) is 48.9 Å². The van der Waals surface area contributed by atoms with Crippen LogP contribution >= 0.6 is 15.9 Å². The van der Waals surface area contributed by atoms with Crippen LogP contribution in [0.2, 0.25) is 0 Å². The van der Waals surface area contributed by atoms with E-state index in [0.717, 1.165) is 10.9 Å². The highest BCUT2D eigenvalue weighted by atomic mass is 79.9. The Morgan fingerprint density at radius 2 is 1.84 bits per heavy atom. The number of rotatable bonds is 2. The Morgan fingerprint density at radius 3 is 2.42 bits per heavy atom. The van der Waals surface area contributed by atoms with Crippen molar-refractivity contribution >= 4 is 25.8 Å². The Kier molecular flexibility index (Phi) is 4.10. The van der Waals surface area contributed by atoms with Crippen LogP contribution in [0.5, 0.6) is 0 Å². The molecule has 2 atom stereocenters. The first-order valence-corrected chi connectivity index (χ1v) is 8.74. The van der Waals surface area contributed by atoms with Crippen molar-refractivity contribution in [2.75, 3.05) is 0 Å². The molecule has 0 spiro atoms. The monoisotopic (exact) mass is 346 g/mol. The van der Waals surface area contributed by atoms with Crippen LogP contribution in [-0.2, 0) is 9.84 Å². The summed E-state index contributed by atoms with van der Waals surface area (Å²) in [5, 5.41) is 9.37. The van der Waals surface area contributed by atoms with Crippen LogP contribution < -0.4 is 0 Å². The van der Waals surface area contributed by atoms with Crippen molar-refractivity contribution in [2.24, 2.45) is 5.41 Å². The van der Waals surface area contributed by atoms with Crippen molar-refractivity contribution in [3.8, 4) is 0 Å². The Hall–Kier alpha value is -0.390. The fourth-order valence-corrected chi connectivity index (χ4v) is 4.97. The second-order valence-corrected chi connectivity index (χ2v) is 9.09. The van der Waals surface area contributed by atoms with Gasteiger partial charge in [-0.15, -0.1) is 0 Å². The van der Waals surface area contributed by atoms with Gasteiger partial charge in [0, 0.05) is 4.47 Å². The van der Waals surface area contributed by atoms with Crippen molar-refractivity contribution in [1.29, 1.82) is 0 Å². The van der Waals surface area contributed by atoms with Crippen molar-refractivity contribution in [3.63, 3.8) is 0 Å². The zero-order chi connectivity index (χ0) is 14.3. The van der Waals surface area contributed by atoms with Crippen LogP contribution in [0, 0.1) is 5.41 Å². The number of sulfone groups is 1. The third kappa shape index (κ3) is 3.20. The maximum atomic E-state index is 12.6. The summed E-state index contributed by atoms with van der Waals surface area (Å²) in [6.45, 7) is 4.12. The van der Waals surface area contributed by atoms with Crippen molar-refractivity contribution in [3.05, 3.63) is 28.7 Å². The van der Waals surface area contributed by atoms with Gasteiger partial charge in [-0.25, -0.2) is 8.42 Å². The maximum Gasteiger partial charge on any atom is 0.183 e. The molecule has 1 saturated carbocycles. The summed E-state index contributed by atoms with van der Waals surface area (Å²) < 4.78 is 26.1. The lowest BCUT2D eigenvalue weighted by molar-refractivity contribution is 0.0835. The second kappa shape index (κ2) is 5.19. The number of halogens is 1. The Bertz CT molecular complexity index is 549. The van der Waals surface area contributed by atoms with Crippen LogP contribution in [0.15, 0.2) is 33.6 Å². The second-order valence-electron chi connectivity index (χ2n) is 6.01. The molecule has 106 valence electrons. The molecule has 5 heteroatoms. The van der Waals surface area contributed by atoms with Crippen LogP contribution in [0.1, 0.15) is 33.1 Å². The molecule has 1 fully saturated rings. The number of aliphatic hydroxyl groups is 1. The zero-order valence-electron chi connectivity index (χ0n) is 11.1. The lowest BCUT2D eigenvalue weighted by atomic mass is 9.76. The molecule has 1 aliphatic carbocycles. The molecule has 2 unspecified atom stereocenters. The van der Waals surface area contributed by atoms with E-state index in [9.17, 15) is 13.5 Å². The van der Waals surface area contributed by atoms with E-state index in [1.807, 2.05) is 0 Å². The van der Waals surface area contributed by atoms with Gasteiger partial charge in [-0.3, -0.25) is 0 Å². The van der Waals surface area contributed by atoms with Gasteiger partial charge in [0.2, 0.25) is 0 Å². The predicted molar refractivity (Wildman–Crippen MR) is 78.8 cm³/mol. The van der Waals surface area contributed by atoms with Gasteiger partial charge < -0.3 is 5.11 Å². The molecule has 2 rings (SSSR count). The van der Waals surface area contributed by atoms with Crippen molar-refractivity contribution < 1.29 is 13.5 Å². The molecule has 0 radical (unpaired) electrons. The van der Waals surface area contributed by atoms with Crippen LogP contribution in [-0.4, -0.2) is 24.9 Å². The quantitative estimate of drug-likeness (QED) is 0.894. The lowest BCUT2D eigenvalue weighted by Crippen LogP contribution is -2.42. The highest BCUT2D eigenvalue weighted by molar-refractivity contribution is 9.10. The largest absolute Gasteiger partial charge is 0.392 e. The lowest BCUT2D eigenvalue weighted by Gasteiger charge is -2.38. The van der Waals surface area contributed by atoms with E-state index in [2.05, 4.69) is 29.8 Å². The number of hydrogen-bond donors (Lipinski definition) is 1. The third-order valence-electron chi connectivity index (χ3n) is 3.84. The minimum Gasteiger partial charge on any atom is -0.392 e. The first-order valence-electron chi connectivity index (χ1n) is 6.40. The molecule has 1 N–H and O–H groups in total. The molecule has 0 heterocycles. The highest BCUT2D eigenvalue weighted by Crippen LogP contribution is 2.40. The highest BCUT2D eigenvalue weighted by Gasteiger charge is 2.41. The van der Waals surface area contributed by atoms with Crippen molar-refractivity contribution in [2.45, 2.75) is 49.4 Å². The van der Waals surface area contributed by atoms with Gasteiger partial charge in [0.15, 0.2) is 9.84 Å². The number of hydrogen-bond acceptors (Lipinski definition) is 3. The summed E-state index contributed by atoms with van der Waals surface area (Å²) in [5.74, 6) is 0. The third-order valence-corrected chi connectivity index (χ3v) is 6.58. The van der Waals surface area contributed by atoms with E-state index in [1.165, 1.54) is 0 Å². The average Bonchev–Trinajstić information content (AvgIpc) is 2.33. The van der Waals surface area contributed by atoms with Gasteiger partial charge in [-0.2, -0.15) is 0 Å². The summed E-state index contributed by atoms with van der Waals surface area (Å²) in [5.41, 5.74) is -0.0354. The van der Waals surface area contributed by atoms with Gasteiger partial charge in [-0.1, -0.05) is 29.8 Å². The molecule has 0 saturated heterocycles. The minimum atomic E-state index is -3.47. The summed E-state index contributed by atoms with van der Waals surface area (Å²) in [7, 11) is -3.47. The first-order chi connectivity index (χ1) is 8.72. The summed E-state index contributed by atoms with van der Waals surface area (Å²) >= 11 is 3.29. The van der Waals surface area contributed by atoms with Crippen LogP contribution in [0.3, 0.4) is 0 Å². The van der Waals surface area contributed by atoms with Gasteiger partial charge >= 0.3 is 0 Å². The molecule has 0 amide bonds. The molecule has 3 nitrogen and oxygen atoms in total.